The maximum Gasteiger partial charge on any atom is 0.409 e. The molecule has 0 spiro atoms. The van der Waals surface area contributed by atoms with Crippen molar-refractivity contribution in [2.45, 2.75) is 96.9 Å². The van der Waals surface area contributed by atoms with Gasteiger partial charge in [0, 0.05) is 56.6 Å². The first-order valence-corrected chi connectivity index (χ1v) is 18.3. The summed E-state index contributed by atoms with van der Waals surface area (Å²) in [7, 11) is 0. The molecule has 0 radical (unpaired) electrons. The van der Waals surface area contributed by atoms with Gasteiger partial charge in [-0.15, -0.1) is 0 Å². The molecule has 1 aromatic heterocycles. The predicted octanol–water partition coefficient (Wildman–Crippen LogP) is 2.71. The SMILES string of the molecule is CCOC(=O)N1CCN(C(=O)[C@H](CCC(=O)OC(C)C)NC(=O)c2cc(OCC(=O)N3CCC[C@H]3C(=O)NC3CCC3)c3ccc(C)cc3n2)CC1. The molecule has 2 aromatic rings. The topological polar surface area (TPSA) is 177 Å². The third-order valence-electron chi connectivity index (χ3n) is 9.56. The van der Waals surface area contributed by atoms with E-state index in [0.717, 1.165) is 24.8 Å². The lowest BCUT2D eigenvalue weighted by Gasteiger charge is -2.36. The number of carbonyl (C=O) groups excluding carboxylic acids is 6. The Balaban J connectivity index is 1.31. The molecule has 15 nitrogen and oxygen atoms in total. The van der Waals surface area contributed by atoms with Crippen molar-refractivity contribution in [1.29, 1.82) is 0 Å². The van der Waals surface area contributed by atoms with Gasteiger partial charge in [-0.05, 0) is 83.9 Å². The highest BCUT2D eigenvalue weighted by Crippen LogP contribution is 2.28. The van der Waals surface area contributed by atoms with Crippen LogP contribution in [-0.2, 0) is 28.7 Å². The number of amides is 5. The van der Waals surface area contributed by atoms with Gasteiger partial charge in [0.15, 0.2) is 6.61 Å². The molecule has 2 N–H and O–H groups in total. The fourth-order valence-electron chi connectivity index (χ4n) is 6.57. The molecular formula is C37H50N6O9. The van der Waals surface area contributed by atoms with E-state index in [2.05, 4.69) is 15.6 Å². The molecule has 2 saturated heterocycles. The monoisotopic (exact) mass is 722 g/mol. The van der Waals surface area contributed by atoms with E-state index in [1.165, 1.54) is 11.0 Å². The zero-order chi connectivity index (χ0) is 37.4. The van der Waals surface area contributed by atoms with Crippen LogP contribution in [0.3, 0.4) is 0 Å². The van der Waals surface area contributed by atoms with Crippen LogP contribution in [0, 0.1) is 6.92 Å². The Bertz CT molecular complexity index is 1650. The first-order chi connectivity index (χ1) is 24.9. The third-order valence-corrected chi connectivity index (χ3v) is 9.56. The fraction of sp³-hybridized carbons (Fsp3) is 0.595. The van der Waals surface area contributed by atoms with Crippen LogP contribution in [0.4, 0.5) is 4.79 Å². The standard InChI is InChI=1S/C37H50N6O9/c1-5-50-37(49)42-18-16-41(17-19-42)36(48)27(13-14-33(45)52-23(2)3)40-34(46)29-21-31(26-12-11-24(4)20-28(26)39-29)51-22-32(44)43-15-7-10-30(43)35(47)38-25-8-6-9-25/h11-12,20-21,23,25,27,30H,5-10,13-19,22H2,1-4H3,(H,38,47)(H,40,46)/t27-,30-/m0/s1. The van der Waals surface area contributed by atoms with Gasteiger partial charge in [-0.1, -0.05) is 6.07 Å². The van der Waals surface area contributed by atoms with Crippen molar-refractivity contribution in [2.75, 3.05) is 45.9 Å². The highest BCUT2D eigenvalue weighted by Gasteiger charge is 2.36. The molecule has 0 bridgehead atoms. The highest BCUT2D eigenvalue weighted by atomic mass is 16.6. The van der Waals surface area contributed by atoms with Gasteiger partial charge in [0.25, 0.3) is 11.8 Å². The van der Waals surface area contributed by atoms with Gasteiger partial charge in [-0.2, -0.15) is 0 Å². The number of aryl methyl sites for hydroxylation is 1. The molecule has 3 fully saturated rings. The van der Waals surface area contributed by atoms with Crippen molar-refractivity contribution in [3.05, 3.63) is 35.5 Å². The van der Waals surface area contributed by atoms with Crippen LogP contribution in [0.25, 0.3) is 10.9 Å². The Kier molecular flexibility index (Phi) is 12.9. The summed E-state index contributed by atoms with van der Waals surface area (Å²) in [5.74, 6) is -1.81. The normalized spacial score (nSPS) is 18.1. The summed E-state index contributed by atoms with van der Waals surface area (Å²) in [5, 5.41) is 6.40. The maximum atomic E-state index is 13.8. The molecule has 2 aliphatic heterocycles. The number of hydrogen-bond donors (Lipinski definition) is 2. The number of rotatable bonds is 13. The molecule has 5 amide bonds. The summed E-state index contributed by atoms with van der Waals surface area (Å²) in [6, 6.07) is 5.41. The van der Waals surface area contributed by atoms with Gasteiger partial charge >= 0.3 is 12.1 Å². The van der Waals surface area contributed by atoms with Crippen LogP contribution >= 0.6 is 0 Å². The lowest BCUT2D eigenvalue weighted by molar-refractivity contribution is -0.147. The number of ether oxygens (including phenoxy) is 3. The van der Waals surface area contributed by atoms with E-state index in [1.807, 2.05) is 13.0 Å². The second kappa shape index (κ2) is 17.5. The lowest BCUT2D eigenvalue weighted by atomic mass is 9.93. The number of hydrogen-bond acceptors (Lipinski definition) is 10. The number of nitrogens with one attached hydrogen (secondary N) is 2. The maximum absolute atomic E-state index is 13.8. The van der Waals surface area contributed by atoms with E-state index in [0.29, 0.717) is 30.3 Å². The quantitative estimate of drug-likeness (QED) is 0.293. The summed E-state index contributed by atoms with van der Waals surface area (Å²) in [4.78, 5) is 87.8. The average Bonchev–Trinajstić information content (AvgIpc) is 3.60. The number of piperazine rings is 1. The number of likely N-dealkylation sites (tertiary alicyclic amines) is 1. The van der Waals surface area contributed by atoms with Crippen LogP contribution < -0.4 is 15.4 Å². The molecule has 282 valence electrons. The van der Waals surface area contributed by atoms with Gasteiger partial charge in [-0.3, -0.25) is 24.0 Å². The number of benzene rings is 1. The van der Waals surface area contributed by atoms with Crippen molar-refractivity contribution in [2.24, 2.45) is 0 Å². The number of aromatic nitrogens is 1. The van der Waals surface area contributed by atoms with Gasteiger partial charge in [0.1, 0.15) is 23.5 Å². The second-order valence-corrected chi connectivity index (χ2v) is 13.8. The highest BCUT2D eigenvalue weighted by molar-refractivity contribution is 5.99. The van der Waals surface area contributed by atoms with E-state index in [9.17, 15) is 28.8 Å². The summed E-state index contributed by atoms with van der Waals surface area (Å²) >= 11 is 0. The molecule has 15 heteroatoms. The molecule has 3 heterocycles. The minimum Gasteiger partial charge on any atom is -0.483 e. The molecular weight excluding hydrogens is 672 g/mol. The van der Waals surface area contributed by atoms with Gasteiger partial charge in [-0.25, -0.2) is 9.78 Å². The van der Waals surface area contributed by atoms with E-state index >= 15 is 0 Å². The number of carbonyl (C=O) groups is 6. The van der Waals surface area contributed by atoms with Crippen molar-refractivity contribution < 1.29 is 43.0 Å². The van der Waals surface area contributed by atoms with Crippen molar-refractivity contribution >= 4 is 46.6 Å². The average molecular weight is 723 g/mol. The minimum atomic E-state index is -1.10. The van der Waals surface area contributed by atoms with E-state index in [-0.39, 0.29) is 87.6 Å². The lowest BCUT2D eigenvalue weighted by Crippen LogP contribution is -2.56. The van der Waals surface area contributed by atoms with Crippen molar-refractivity contribution in [1.82, 2.24) is 30.3 Å². The molecule has 1 saturated carbocycles. The number of esters is 1. The fourth-order valence-corrected chi connectivity index (χ4v) is 6.57. The Morgan fingerprint density at radius 3 is 2.35 bits per heavy atom. The smallest absolute Gasteiger partial charge is 0.409 e. The summed E-state index contributed by atoms with van der Waals surface area (Å²) in [6.45, 7) is 8.35. The molecule has 1 aliphatic carbocycles. The molecule has 52 heavy (non-hydrogen) atoms. The van der Waals surface area contributed by atoms with Crippen molar-refractivity contribution in [3.63, 3.8) is 0 Å². The van der Waals surface area contributed by atoms with Crippen LogP contribution in [0.1, 0.15) is 81.8 Å². The Morgan fingerprint density at radius 2 is 1.67 bits per heavy atom. The summed E-state index contributed by atoms with van der Waals surface area (Å²) in [6.07, 6.45) is 3.35. The second-order valence-electron chi connectivity index (χ2n) is 13.8. The number of pyridine rings is 1. The van der Waals surface area contributed by atoms with Crippen LogP contribution in [-0.4, -0.2) is 126 Å². The van der Waals surface area contributed by atoms with E-state index in [4.69, 9.17) is 14.2 Å². The zero-order valence-electron chi connectivity index (χ0n) is 30.5. The Morgan fingerprint density at radius 1 is 0.942 bits per heavy atom. The van der Waals surface area contributed by atoms with E-state index < -0.39 is 36.0 Å². The first-order valence-electron chi connectivity index (χ1n) is 18.3. The molecule has 0 unspecified atom stereocenters. The number of fused-ring (bicyclic) bond motifs is 1. The first kappa shape index (κ1) is 38.3. The largest absolute Gasteiger partial charge is 0.483 e. The molecule has 1 aromatic carbocycles. The molecule has 2 atom stereocenters. The summed E-state index contributed by atoms with van der Waals surface area (Å²) < 4.78 is 16.4. The third kappa shape index (κ3) is 9.68. The Labute approximate surface area is 303 Å². The van der Waals surface area contributed by atoms with Crippen LogP contribution in [0.5, 0.6) is 5.75 Å². The molecule has 5 rings (SSSR count). The summed E-state index contributed by atoms with van der Waals surface area (Å²) in [5.41, 5.74) is 1.29. The van der Waals surface area contributed by atoms with E-state index in [1.54, 1.807) is 42.7 Å². The van der Waals surface area contributed by atoms with Gasteiger partial charge in [0.05, 0.1) is 18.2 Å². The molecule has 3 aliphatic rings. The minimum absolute atomic E-state index is 0.0237. The van der Waals surface area contributed by atoms with Crippen LogP contribution in [0.15, 0.2) is 24.3 Å². The van der Waals surface area contributed by atoms with Crippen LogP contribution in [0.2, 0.25) is 0 Å². The predicted molar refractivity (Wildman–Crippen MR) is 189 cm³/mol. The Hall–Kier alpha value is -4.95. The van der Waals surface area contributed by atoms with Gasteiger partial charge < -0.3 is 39.5 Å². The van der Waals surface area contributed by atoms with Crippen molar-refractivity contribution in [3.8, 4) is 5.75 Å². The number of nitrogens with zero attached hydrogens (tertiary/aromatic N) is 4. The zero-order valence-corrected chi connectivity index (χ0v) is 30.5. The van der Waals surface area contributed by atoms with Gasteiger partial charge in [0.2, 0.25) is 11.8 Å².